The molecule has 1 aromatic carbocycles. The molecule has 146 valence electrons. The summed E-state index contributed by atoms with van der Waals surface area (Å²) in [6.45, 7) is 6.33. The van der Waals surface area contributed by atoms with E-state index in [0.717, 1.165) is 19.5 Å². The number of ether oxygens (including phenoxy) is 2. The molecule has 4 aliphatic rings. The summed E-state index contributed by atoms with van der Waals surface area (Å²) >= 11 is 0. The molecule has 5 rings (SSSR count). The maximum absolute atomic E-state index is 12.8. The second kappa shape index (κ2) is 6.05. The summed E-state index contributed by atoms with van der Waals surface area (Å²) in [5.74, 6) is 0.738. The fraction of sp³-hybridized carbons (Fsp3) is 0.696. The maximum Gasteiger partial charge on any atom is 0.311 e. The molecule has 7 atom stereocenters. The SMILES string of the molecule is C[C@H]1CCC[C@]2(C)C[C@H]3OC(=O)C(CN(C)Cc4ccccc4)[C@H]3[C@@H]3O[C@@]132. The molecular weight excluding hydrogens is 338 g/mol. The van der Waals surface area contributed by atoms with Crippen LogP contribution >= 0.6 is 0 Å². The number of esters is 1. The van der Waals surface area contributed by atoms with Crippen molar-refractivity contribution in [2.24, 2.45) is 23.2 Å². The van der Waals surface area contributed by atoms with Crippen LogP contribution in [0.25, 0.3) is 0 Å². The lowest BCUT2D eigenvalue weighted by atomic mass is 9.53. The lowest BCUT2D eigenvalue weighted by molar-refractivity contribution is -0.146. The van der Waals surface area contributed by atoms with Crippen LogP contribution in [-0.4, -0.2) is 42.3 Å². The van der Waals surface area contributed by atoms with E-state index in [2.05, 4.69) is 50.1 Å². The van der Waals surface area contributed by atoms with Gasteiger partial charge < -0.3 is 14.4 Å². The highest BCUT2D eigenvalue weighted by atomic mass is 16.6. The van der Waals surface area contributed by atoms with Crippen LogP contribution < -0.4 is 0 Å². The molecule has 0 N–H and O–H groups in total. The molecule has 4 heteroatoms. The molecule has 0 bridgehead atoms. The number of carbonyl (C=O) groups is 1. The van der Waals surface area contributed by atoms with Gasteiger partial charge in [0.05, 0.1) is 12.0 Å². The summed E-state index contributed by atoms with van der Waals surface area (Å²) in [6, 6.07) is 10.5. The monoisotopic (exact) mass is 369 g/mol. The van der Waals surface area contributed by atoms with Crippen molar-refractivity contribution in [1.29, 1.82) is 0 Å². The molecule has 2 heterocycles. The summed E-state index contributed by atoms with van der Waals surface area (Å²) in [7, 11) is 2.10. The van der Waals surface area contributed by atoms with Crippen molar-refractivity contribution in [3.8, 4) is 0 Å². The summed E-state index contributed by atoms with van der Waals surface area (Å²) in [5, 5.41) is 0. The Hall–Kier alpha value is -1.39. The van der Waals surface area contributed by atoms with Gasteiger partial charge in [-0.1, -0.05) is 50.6 Å². The van der Waals surface area contributed by atoms with E-state index in [4.69, 9.17) is 9.47 Å². The molecule has 27 heavy (non-hydrogen) atoms. The quantitative estimate of drug-likeness (QED) is 0.600. The standard InChI is InChI=1S/C23H31NO3/c1-15-8-7-11-22(2)12-18-19(20-23(15,22)27-20)17(21(25)26-18)14-24(3)13-16-9-5-4-6-10-16/h4-6,9-10,15,17-20H,7-8,11-14H2,1-3H3/t15-,17?,18+,19+,20-,22+,23-/m0/s1. The van der Waals surface area contributed by atoms with Crippen LogP contribution in [0.4, 0.5) is 0 Å². The first-order chi connectivity index (χ1) is 12.9. The fourth-order valence-corrected chi connectivity index (χ4v) is 6.74. The van der Waals surface area contributed by atoms with E-state index >= 15 is 0 Å². The van der Waals surface area contributed by atoms with Gasteiger partial charge >= 0.3 is 5.97 Å². The second-order valence-corrected chi connectivity index (χ2v) is 9.73. The van der Waals surface area contributed by atoms with Crippen molar-refractivity contribution in [2.45, 2.75) is 63.9 Å². The first-order valence-electron chi connectivity index (χ1n) is 10.6. The Morgan fingerprint density at radius 1 is 1.26 bits per heavy atom. The molecule has 0 amide bonds. The van der Waals surface area contributed by atoms with Crippen LogP contribution in [0.1, 0.15) is 45.1 Å². The molecule has 4 fully saturated rings. The van der Waals surface area contributed by atoms with Crippen LogP contribution in [0.5, 0.6) is 0 Å². The number of rotatable bonds is 4. The molecule has 1 spiro atoms. The summed E-state index contributed by atoms with van der Waals surface area (Å²) in [6.07, 6.45) is 4.94. The number of carbonyl (C=O) groups excluding carboxylic acids is 1. The van der Waals surface area contributed by atoms with Gasteiger partial charge in [-0.2, -0.15) is 0 Å². The topological polar surface area (TPSA) is 42.1 Å². The van der Waals surface area contributed by atoms with E-state index in [1.54, 1.807) is 0 Å². The van der Waals surface area contributed by atoms with Crippen molar-refractivity contribution in [2.75, 3.05) is 13.6 Å². The molecule has 4 nitrogen and oxygen atoms in total. The average molecular weight is 370 g/mol. The van der Waals surface area contributed by atoms with Crippen LogP contribution in [0.15, 0.2) is 30.3 Å². The molecule has 2 saturated carbocycles. The van der Waals surface area contributed by atoms with Gasteiger partial charge in [-0.05, 0) is 37.8 Å². The Morgan fingerprint density at radius 2 is 2.04 bits per heavy atom. The van der Waals surface area contributed by atoms with E-state index in [9.17, 15) is 4.79 Å². The van der Waals surface area contributed by atoms with E-state index in [0.29, 0.717) is 5.92 Å². The van der Waals surface area contributed by atoms with E-state index in [1.165, 1.54) is 24.8 Å². The highest BCUT2D eigenvalue weighted by Gasteiger charge is 2.78. The van der Waals surface area contributed by atoms with Crippen LogP contribution in [0.3, 0.4) is 0 Å². The smallest absolute Gasteiger partial charge is 0.311 e. The molecule has 1 unspecified atom stereocenters. The van der Waals surface area contributed by atoms with Crippen molar-refractivity contribution >= 4 is 5.97 Å². The summed E-state index contributed by atoms with van der Waals surface area (Å²) in [4.78, 5) is 15.0. The summed E-state index contributed by atoms with van der Waals surface area (Å²) in [5.41, 5.74) is 1.44. The minimum absolute atomic E-state index is 0.00333. The highest BCUT2D eigenvalue weighted by molar-refractivity contribution is 5.76. The van der Waals surface area contributed by atoms with Gasteiger partial charge in [0.2, 0.25) is 0 Å². The fourth-order valence-electron chi connectivity index (χ4n) is 6.74. The van der Waals surface area contributed by atoms with Crippen LogP contribution in [0, 0.1) is 23.2 Å². The number of benzene rings is 1. The molecule has 1 aromatic rings. The Kier molecular flexibility index (Phi) is 3.97. The number of nitrogens with zero attached hydrogens (tertiary/aromatic N) is 1. The minimum Gasteiger partial charge on any atom is -0.462 e. The van der Waals surface area contributed by atoms with Gasteiger partial charge in [-0.25, -0.2) is 0 Å². The van der Waals surface area contributed by atoms with Crippen LogP contribution in [0.2, 0.25) is 0 Å². The zero-order valence-corrected chi connectivity index (χ0v) is 16.7. The first-order valence-corrected chi connectivity index (χ1v) is 10.6. The van der Waals surface area contributed by atoms with E-state index < -0.39 is 0 Å². The van der Waals surface area contributed by atoms with E-state index in [1.807, 2.05) is 6.07 Å². The summed E-state index contributed by atoms with van der Waals surface area (Å²) < 4.78 is 12.5. The third-order valence-corrected chi connectivity index (χ3v) is 8.00. The van der Waals surface area contributed by atoms with Crippen LogP contribution in [-0.2, 0) is 20.8 Å². The van der Waals surface area contributed by atoms with Gasteiger partial charge in [-0.15, -0.1) is 0 Å². The predicted octanol–water partition coefficient (Wildman–Crippen LogP) is 3.64. The van der Waals surface area contributed by atoms with Gasteiger partial charge in [0.25, 0.3) is 0 Å². The Labute approximate surface area is 162 Å². The van der Waals surface area contributed by atoms with Gasteiger partial charge in [0.1, 0.15) is 11.7 Å². The van der Waals surface area contributed by atoms with Crippen molar-refractivity contribution in [3.63, 3.8) is 0 Å². The predicted molar refractivity (Wildman–Crippen MR) is 103 cm³/mol. The van der Waals surface area contributed by atoms with Gasteiger partial charge in [0.15, 0.2) is 0 Å². The van der Waals surface area contributed by atoms with Crippen molar-refractivity contribution in [1.82, 2.24) is 4.90 Å². The number of fused-ring (bicyclic) bond motifs is 2. The largest absolute Gasteiger partial charge is 0.462 e. The van der Waals surface area contributed by atoms with Gasteiger partial charge in [0, 0.05) is 24.4 Å². The Balaban J connectivity index is 1.35. The molecule has 2 aliphatic carbocycles. The Morgan fingerprint density at radius 3 is 2.81 bits per heavy atom. The average Bonchev–Trinajstić information content (AvgIpc) is 3.31. The molecule has 2 aliphatic heterocycles. The number of hydrogen-bond donors (Lipinski definition) is 0. The van der Waals surface area contributed by atoms with Crippen molar-refractivity contribution in [3.05, 3.63) is 35.9 Å². The normalized spacial score (nSPS) is 45.0. The highest BCUT2D eigenvalue weighted by Crippen LogP contribution is 2.70. The lowest BCUT2D eigenvalue weighted by Crippen LogP contribution is -2.54. The second-order valence-electron chi connectivity index (χ2n) is 9.73. The first kappa shape index (κ1) is 17.7. The number of epoxide rings is 1. The zero-order valence-electron chi connectivity index (χ0n) is 16.7. The van der Waals surface area contributed by atoms with Gasteiger partial charge in [-0.3, -0.25) is 4.79 Å². The third kappa shape index (κ3) is 2.52. The minimum atomic E-state index is -0.0632. The molecule has 0 radical (unpaired) electrons. The van der Waals surface area contributed by atoms with Crippen molar-refractivity contribution < 1.29 is 14.3 Å². The number of hydrogen-bond acceptors (Lipinski definition) is 4. The maximum atomic E-state index is 12.8. The van der Waals surface area contributed by atoms with E-state index in [-0.39, 0.29) is 41.0 Å². The third-order valence-electron chi connectivity index (χ3n) is 8.00. The molecular formula is C23H31NO3. The molecule has 0 aromatic heterocycles. The Bertz CT molecular complexity index is 736. The zero-order chi connectivity index (χ0) is 18.8. The molecule has 2 saturated heterocycles. The lowest BCUT2D eigenvalue weighted by Gasteiger charge is -2.49.